The maximum Gasteiger partial charge on any atom is 0.356 e. The van der Waals surface area contributed by atoms with Crippen LogP contribution in [0.15, 0.2) is 91.0 Å². The smallest absolute Gasteiger partial charge is 0.356 e. The van der Waals surface area contributed by atoms with Gasteiger partial charge < -0.3 is 20.0 Å². The van der Waals surface area contributed by atoms with E-state index in [1.807, 2.05) is 12.1 Å². The van der Waals surface area contributed by atoms with Crippen LogP contribution < -0.4 is 5.30 Å². The number of aromatic hydroxyl groups is 2. The third-order valence-corrected chi connectivity index (χ3v) is 3.58. The van der Waals surface area contributed by atoms with Gasteiger partial charge in [-0.15, -0.1) is 0 Å². The number of phenols is 2. The van der Waals surface area contributed by atoms with Crippen molar-refractivity contribution in [3.8, 4) is 11.5 Å². The Morgan fingerprint density at radius 2 is 0.833 bits per heavy atom. The van der Waals surface area contributed by atoms with Crippen molar-refractivity contribution in [2.45, 2.75) is 0 Å². The maximum atomic E-state index is 10.5. The molecule has 3 rings (SSSR count). The van der Waals surface area contributed by atoms with Crippen LogP contribution in [0.25, 0.3) is 0 Å². The van der Waals surface area contributed by atoms with Gasteiger partial charge in [0.15, 0.2) is 0 Å². The standard InChI is InChI=1S/C6H7O3P.2C6H6O/c7-10(8,9)6-4-2-1-3-5-6;2*7-6-4-2-1-3-5-6/h1-5H,(H2,7,8,9);2*1-5,7H. The van der Waals surface area contributed by atoms with E-state index < -0.39 is 7.60 Å². The highest BCUT2D eigenvalue weighted by molar-refractivity contribution is 7.60. The SMILES string of the molecule is O=P(O)(O)c1ccccc1.Oc1ccccc1.Oc1ccccc1. The van der Waals surface area contributed by atoms with Crippen molar-refractivity contribution in [3.05, 3.63) is 91.0 Å². The highest BCUT2D eigenvalue weighted by Gasteiger charge is 2.14. The highest BCUT2D eigenvalue weighted by atomic mass is 31.2. The number of hydrogen-bond acceptors (Lipinski definition) is 3. The van der Waals surface area contributed by atoms with Crippen LogP contribution in [0.2, 0.25) is 0 Å². The van der Waals surface area contributed by atoms with Gasteiger partial charge in [0.25, 0.3) is 0 Å². The van der Waals surface area contributed by atoms with Gasteiger partial charge in [0.2, 0.25) is 0 Å². The monoisotopic (exact) mass is 346 g/mol. The Labute approximate surface area is 140 Å². The summed E-state index contributed by atoms with van der Waals surface area (Å²) in [5.74, 6) is 0.644. The average Bonchev–Trinajstić information content (AvgIpc) is 2.57. The minimum Gasteiger partial charge on any atom is -0.508 e. The average molecular weight is 346 g/mol. The number of para-hydroxylation sites is 2. The predicted octanol–water partition coefficient (Wildman–Crippen LogP) is 3.27. The number of hydrogen-bond donors (Lipinski definition) is 4. The summed E-state index contributed by atoms with van der Waals surface area (Å²) in [6, 6.07) is 25.1. The lowest BCUT2D eigenvalue weighted by molar-refractivity contribution is 0.387. The van der Waals surface area contributed by atoms with E-state index in [0.717, 1.165) is 0 Å². The molecule has 3 aromatic rings. The number of rotatable bonds is 1. The van der Waals surface area contributed by atoms with E-state index >= 15 is 0 Å². The minimum atomic E-state index is -4.02. The molecule has 126 valence electrons. The summed E-state index contributed by atoms with van der Waals surface area (Å²) in [7, 11) is -4.02. The lowest BCUT2D eigenvalue weighted by atomic mass is 10.3. The Kier molecular flexibility index (Phi) is 8.30. The zero-order valence-corrected chi connectivity index (χ0v) is 13.7. The van der Waals surface area contributed by atoms with Gasteiger partial charge in [-0.25, -0.2) is 0 Å². The van der Waals surface area contributed by atoms with Crippen LogP contribution in [0, 0.1) is 0 Å². The molecule has 0 unspecified atom stereocenters. The third-order valence-electron chi connectivity index (χ3n) is 2.60. The Balaban J connectivity index is 0.000000185. The van der Waals surface area contributed by atoms with Crippen molar-refractivity contribution >= 4 is 12.9 Å². The van der Waals surface area contributed by atoms with E-state index in [1.165, 1.54) is 12.1 Å². The van der Waals surface area contributed by atoms with E-state index in [1.54, 1.807) is 66.7 Å². The molecule has 0 bridgehead atoms. The van der Waals surface area contributed by atoms with Crippen molar-refractivity contribution < 1.29 is 24.6 Å². The summed E-state index contributed by atoms with van der Waals surface area (Å²) in [5.41, 5.74) is 0. The molecule has 0 aliphatic carbocycles. The number of phenolic OH excluding ortho intramolecular Hbond substituents is 2. The van der Waals surface area contributed by atoms with E-state index in [4.69, 9.17) is 20.0 Å². The highest BCUT2D eigenvalue weighted by Crippen LogP contribution is 2.32. The van der Waals surface area contributed by atoms with Crippen molar-refractivity contribution in [1.29, 1.82) is 0 Å². The molecule has 0 amide bonds. The van der Waals surface area contributed by atoms with Crippen LogP contribution in [0.5, 0.6) is 11.5 Å². The molecule has 3 aromatic carbocycles. The predicted molar refractivity (Wildman–Crippen MR) is 94.3 cm³/mol. The summed E-state index contributed by atoms with van der Waals surface area (Å²) < 4.78 is 10.5. The van der Waals surface area contributed by atoms with Gasteiger partial charge in [0, 0.05) is 0 Å². The molecule has 0 spiro atoms. The van der Waals surface area contributed by atoms with Crippen molar-refractivity contribution in [2.24, 2.45) is 0 Å². The van der Waals surface area contributed by atoms with Crippen LogP contribution in [0.3, 0.4) is 0 Å². The van der Waals surface area contributed by atoms with Gasteiger partial charge in [-0.3, -0.25) is 4.57 Å². The molecule has 0 fully saturated rings. The first-order valence-corrected chi connectivity index (χ1v) is 8.60. The fourth-order valence-corrected chi connectivity index (χ4v) is 2.04. The van der Waals surface area contributed by atoms with Gasteiger partial charge >= 0.3 is 7.60 Å². The van der Waals surface area contributed by atoms with Crippen LogP contribution in [-0.2, 0) is 4.57 Å². The second-order valence-electron chi connectivity index (χ2n) is 4.55. The molecular formula is C18H19O5P. The molecule has 24 heavy (non-hydrogen) atoms. The largest absolute Gasteiger partial charge is 0.508 e. The van der Waals surface area contributed by atoms with Gasteiger partial charge in [0.05, 0.1) is 5.30 Å². The van der Waals surface area contributed by atoms with Gasteiger partial charge in [-0.1, -0.05) is 54.6 Å². The molecule has 0 heterocycles. The maximum absolute atomic E-state index is 10.5. The Bertz CT molecular complexity index is 690. The molecule has 0 aromatic heterocycles. The zero-order valence-electron chi connectivity index (χ0n) is 12.8. The summed E-state index contributed by atoms with van der Waals surface area (Å²) in [5, 5.41) is 17.3. The molecule has 0 aliphatic rings. The van der Waals surface area contributed by atoms with E-state index in [9.17, 15) is 4.57 Å². The quantitative estimate of drug-likeness (QED) is 0.507. The van der Waals surface area contributed by atoms with E-state index in [-0.39, 0.29) is 5.30 Å². The first-order chi connectivity index (χ1) is 11.4. The third kappa shape index (κ3) is 8.76. The van der Waals surface area contributed by atoms with Crippen LogP contribution >= 0.6 is 7.60 Å². The Morgan fingerprint density at radius 1 is 0.542 bits per heavy atom. The molecule has 0 aliphatic heterocycles. The molecule has 6 heteroatoms. The van der Waals surface area contributed by atoms with E-state index in [2.05, 4.69) is 0 Å². The molecule has 0 saturated carbocycles. The number of benzene rings is 3. The van der Waals surface area contributed by atoms with Crippen LogP contribution in [0.4, 0.5) is 0 Å². The normalized spacial score (nSPS) is 9.75. The second kappa shape index (κ2) is 10.2. The first-order valence-electron chi connectivity index (χ1n) is 6.99. The van der Waals surface area contributed by atoms with Gasteiger partial charge in [-0.05, 0) is 36.4 Å². The minimum absolute atomic E-state index is 0.0648. The van der Waals surface area contributed by atoms with Gasteiger partial charge in [0.1, 0.15) is 11.5 Å². The fraction of sp³-hybridized carbons (Fsp3) is 0. The van der Waals surface area contributed by atoms with Crippen LogP contribution in [0.1, 0.15) is 0 Å². The molecule has 0 saturated heterocycles. The van der Waals surface area contributed by atoms with Crippen LogP contribution in [-0.4, -0.2) is 20.0 Å². The molecule has 0 atom stereocenters. The van der Waals surface area contributed by atoms with Crippen molar-refractivity contribution in [2.75, 3.05) is 0 Å². The Hall–Kier alpha value is -2.59. The molecule has 5 nitrogen and oxygen atoms in total. The van der Waals surface area contributed by atoms with Crippen molar-refractivity contribution in [3.63, 3.8) is 0 Å². The van der Waals surface area contributed by atoms with Gasteiger partial charge in [-0.2, -0.15) is 0 Å². The second-order valence-corrected chi connectivity index (χ2v) is 6.16. The molecular weight excluding hydrogens is 327 g/mol. The molecule has 0 radical (unpaired) electrons. The Morgan fingerprint density at radius 3 is 1.00 bits per heavy atom. The summed E-state index contributed by atoms with van der Waals surface area (Å²) in [6.45, 7) is 0. The molecule has 4 N–H and O–H groups in total. The van der Waals surface area contributed by atoms with E-state index in [0.29, 0.717) is 11.5 Å². The summed E-state index contributed by atoms with van der Waals surface area (Å²) in [4.78, 5) is 17.2. The summed E-state index contributed by atoms with van der Waals surface area (Å²) in [6.07, 6.45) is 0. The lowest BCUT2D eigenvalue weighted by Crippen LogP contribution is -2.01. The topological polar surface area (TPSA) is 98.0 Å². The summed E-state index contributed by atoms with van der Waals surface area (Å²) >= 11 is 0. The fourth-order valence-electron chi connectivity index (χ4n) is 1.48. The first kappa shape index (κ1) is 19.5. The van der Waals surface area contributed by atoms with Crippen molar-refractivity contribution in [1.82, 2.24) is 0 Å². The lowest BCUT2D eigenvalue weighted by Gasteiger charge is -2.00. The zero-order chi connectivity index (χ0) is 17.8.